The summed E-state index contributed by atoms with van der Waals surface area (Å²) >= 11 is 0. The zero-order chi connectivity index (χ0) is 17.3. The Bertz CT molecular complexity index is 370. The van der Waals surface area contributed by atoms with E-state index in [4.69, 9.17) is 5.11 Å². The average molecular weight is 360 g/mol. The van der Waals surface area contributed by atoms with Crippen LogP contribution in [0.1, 0.15) is 71.1 Å². The van der Waals surface area contributed by atoms with Crippen LogP contribution in [0.15, 0.2) is 12.7 Å². The molecule has 0 saturated heterocycles. The van der Waals surface area contributed by atoms with Crippen LogP contribution in [0.25, 0.3) is 0 Å². The molecule has 0 aromatic rings. The van der Waals surface area contributed by atoms with Crippen LogP contribution in [0.5, 0.6) is 0 Å². The van der Waals surface area contributed by atoms with Crippen LogP contribution < -0.4 is 29.6 Å². The van der Waals surface area contributed by atoms with Gasteiger partial charge in [0.05, 0.1) is 6.61 Å². The molecule has 0 aliphatic heterocycles. The summed E-state index contributed by atoms with van der Waals surface area (Å²) in [5, 5.41) is 7.60. The molecule has 0 rings (SSSR count). The Morgan fingerprint density at radius 2 is 1.39 bits per heavy atom. The van der Waals surface area contributed by atoms with Gasteiger partial charge in [0.1, 0.15) is 0 Å². The standard InChI is InChI=1S/C12H26O4S.C3H4O2.Na/c1-2-3-4-5-6-7-8-9-10-11-12-16-17(13,14)15;1-2-3(4)5;/h2-12H2,1H3,(H,13,14,15);2H,1H2,(H,4,5);/q;;+1/p-1. The number of carboxylic acid groups (broad SMARTS) is 1. The molecule has 0 amide bonds. The summed E-state index contributed by atoms with van der Waals surface area (Å²) in [4.78, 5) is 9.25. The SMILES string of the molecule is C=CC(=O)O.CCCCCCCCCCCCOS(=O)(=O)[O-].[Na+]. The fourth-order valence-electron chi connectivity index (χ4n) is 1.75. The van der Waals surface area contributed by atoms with Gasteiger partial charge in [0.25, 0.3) is 0 Å². The van der Waals surface area contributed by atoms with Gasteiger partial charge in [-0.3, -0.25) is 4.18 Å². The Hall–Kier alpha value is 0.0800. The summed E-state index contributed by atoms with van der Waals surface area (Å²) in [6.07, 6.45) is 12.5. The smallest absolute Gasteiger partial charge is 0.726 e. The Balaban J connectivity index is -0.000000578. The minimum Gasteiger partial charge on any atom is -0.726 e. The molecule has 0 spiro atoms. The van der Waals surface area contributed by atoms with Crippen LogP contribution in [-0.2, 0) is 19.4 Å². The summed E-state index contributed by atoms with van der Waals surface area (Å²) in [6.45, 7) is 5.20. The van der Waals surface area contributed by atoms with Gasteiger partial charge in [-0.2, -0.15) is 0 Å². The van der Waals surface area contributed by atoms with Crippen LogP contribution in [-0.4, -0.2) is 30.7 Å². The normalized spacial score (nSPS) is 10.2. The van der Waals surface area contributed by atoms with Gasteiger partial charge < -0.3 is 9.66 Å². The second kappa shape index (κ2) is 20.1. The van der Waals surface area contributed by atoms with Crippen LogP contribution in [0, 0.1) is 0 Å². The van der Waals surface area contributed by atoms with E-state index in [1.807, 2.05) is 0 Å². The number of rotatable bonds is 13. The van der Waals surface area contributed by atoms with Gasteiger partial charge >= 0.3 is 35.5 Å². The van der Waals surface area contributed by atoms with E-state index in [0.29, 0.717) is 6.42 Å². The topological polar surface area (TPSA) is 104 Å². The van der Waals surface area contributed by atoms with Crippen molar-refractivity contribution in [3.8, 4) is 0 Å². The molecule has 0 saturated carbocycles. The first-order valence-electron chi connectivity index (χ1n) is 7.79. The van der Waals surface area contributed by atoms with Gasteiger partial charge in [0, 0.05) is 6.08 Å². The molecule has 8 heteroatoms. The van der Waals surface area contributed by atoms with Crippen molar-refractivity contribution in [2.24, 2.45) is 0 Å². The predicted octanol–water partition coefficient (Wildman–Crippen LogP) is 0.645. The van der Waals surface area contributed by atoms with Crippen molar-refractivity contribution >= 4 is 16.4 Å². The molecule has 0 atom stereocenters. The van der Waals surface area contributed by atoms with Crippen molar-refractivity contribution in [1.29, 1.82) is 0 Å². The van der Waals surface area contributed by atoms with Gasteiger partial charge in [0.2, 0.25) is 10.4 Å². The van der Waals surface area contributed by atoms with Gasteiger partial charge in [-0.05, 0) is 6.42 Å². The molecule has 0 unspecified atom stereocenters. The van der Waals surface area contributed by atoms with E-state index in [0.717, 1.165) is 18.9 Å². The van der Waals surface area contributed by atoms with Crippen molar-refractivity contribution in [2.45, 2.75) is 71.1 Å². The monoisotopic (exact) mass is 360 g/mol. The van der Waals surface area contributed by atoms with Crippen molar-refractivity contribution in [3.63, 3.8) is 0 Å². The fraction of sp³-hybridized carbons (Fsp3) is 0.800. The molecule has 132 valence electrons. The second-order valence-corrected chi connectivity index (χ2v) is 6.01. The Labute approximate surface area is 162 Å². The largest absolute Gasteiger partial charge is 1.00 e. The number of carbonyl (C=O) groups is 1. The third kappa shape index (κ3) is 34.4. The van der Waals surface area contributed by atoms with Crippen molar-refractivity contribution in [1.82, 2.24) is 0 Å². The number of hydrogen-bond acceptors (Lipinski definition) is 5. The van der Waals surface area contributed by atoms with Crippen LogP contribution in [0.4, 0.5) is 0 Å². The van der Waals surface area contributed by atoms with E-state index in [-0.39, 0.29) is 36.2 Å². The third-order valence-electron chi connectivity index (χ3n) is 2.90. The van der Waals surface area contributed by atoms with E-state index >= 15 is 0 Å². The zero-order valence-electron chi connectivity index (χ0n) is 14.5. The summed E-state index contributed by atoms with van der Waals surface area (Å²) in [6, 6.07) is 0. The fourth-order valence-corrected chi connectivity index (χ4v) is 2.07. The van der Waals surface area contributed by atoms with Crippen LogP contribution in [0.2, 0.25) is 0 Å². The minimum atomic E-state index is -4.48. The van der Waals surface area contributed by atoms with E-state index in [2.05, 4.69) is 17.7 Å². The molecule has 0 aromatic carbocycles. The molecular formula is C15H29NaO6S. The molecule has 0 aromatic heterocycles. The third-order valence-corrected chi connectivity index (χ3v) is 3.36. The van der Waals surface area contributed by atoms with E-state index in [1.165, 1.54) is 44.9 Å². The summed E-state index contributed by atoms with van der Waals surface area (Å²) in [7, 11) is -4.48. The molecule has 0 heterocycles. The maximum Gasteiger partial charge on any atom is 1.00 e. The second-order valence-electron chi connectivity index (χ2n) is 4.95. The maximum atomic E-state index is 10.1. The molecule has 0 radical (unpaired) electrons. The Morgan fingerprint density at radius 3 is 1.70 bits per heavy atom. The molecule has 0 bridgehead atoms. The molecule has 6 nitrogen and oxygen atoms in total. The predicted molar refractivity (Wildman–Crippen MR) is 85.3 cm³/mol. The van der Waals surface area contributed by atoms with Gasteiger partial charge in [-0.1, -0.05) is 71.3 Å². The number of carboxylic acids is 1. The molecule has 0 aliphatic rings. The Morgan fingerprint density at radius 1 is 1.04 bits per heavy atom. The van der Waals surface area contributed by atoms with Crippen LogP contribution >= 0.6 is 0 Å². The molecule has 0 fully saturated rings. The quantitative estimate of drug-likeness (QED) is 0.170. The first-order valence-corrected chi connectivity index (χ1v) is 9.12. The summed E-state index contributed by atoms with van der Waals surface area (Å²) in [5.41, 5.74) is 0. The molecule has 23 heavy (non-hydrogen) atoms. The molecule has 1 N–H and O–H groups in total. The van der Waals surface area contributed by atoms with Crippen molar-refractivity contribution in [3.05, 3.63) is 12.7 Å². The first-order chi connectivity index (χ1) is 10.3. The zero-order valence-corrected chi connectivity index (χ0v) is 17.3. The van der Waals surface area contributed by atoms with Crippen molar-refractivity contribution < 1.29 is 56.6 Å². The van der Waals surface area contributed by atoms with Gasteiger partial charge in [-0.15, -0.1) is 0 Å². The van der Waals surface area contributed by atoms with Gasteiger partial charge in [-0.25, -0.2) is 13.2 Å². The number of hydrogen-bond donors (Lipinski definition) is 1. The van der Waals surface area contributed by atoms with Crippen molar-refractivity contribution in [2.75, 3.05) is 6.61 Å². The average Bonchev–Trinajstić information content (AvgIpc) is 2.44. The molecule has 0 aliphatic carbocycles. The summed E-state index contributed by atoms with van der Waals surface area (Å²) < 4.78 is 34.5. The molecular weight excluding hydrogens is 331 g/mol. The maximum absolute atomic E-state index is 10.1. The van der Waals surface area contributed by atoms with E-state index in [1.54, 1.807) is 0 Å². The Kier molecular flexibility index (Phi) is 24.4. The van der Waals surface area contributed by atoms with E-state index < -0.39 is 16.4 Å². The van der Waals surface area contributed by atoms with E-state index in [9.17, 15) is 17.8 Å². The summed E-state index contributed by atoms with van der Waals surface area (Å²) in [5.74, 6) is -0.981. The van der Waals surface area contributed by atoms with Crippen LogP contribution in [0.3, 0.4) is 0 Å². The van der Waals surface area contributed by atoms with Gasteiger partial charge in [0.15, 0.2) is 0 Å². The number of unbranched alkanes of at least 4 members (excludes halogenated alkanes) is 9. The first kappa shape index (κ1) is 27.9. The minimum absolute atomic E-state index is 0. The number of aliphatic carboxylic acids is 1.